The zero-order valence-corrected chi connectivity index (χ0v) is 9.65. The van der Waals surface area contributed by atoms with Gasteiger partial charge in [-0.25, -0.2) is 9.97 Å². The zero-order valence-electron chi connectivity index (χ0n) is 8.89. The molecule has 0 aliphatic heterocycles. The lowest BCUT2D eigenvalue weighted by Crippen LogP contribution is -1.95. The van der Waals surface area contributed by atoms with Gasteiger partial charge >= 0.3 is 0 Å². The average Bonchev–Trinajstić information content (AvgIpc) is 2.30. The maximum atomic E-state index is 8.63. The Balaban J connectivity index is 2.19. The molecule has 1 heterocycles. The van der Waals surface area contributed by atoms with Gasteiger partial charge in [-0.3, -0.25) is 0 Å². The van der Waals surface area contributed by atoms with Crippen LogP contribution in [-0.4, -0.2) is 9.97 Å². The molecule has 1 aromatic heterocycles. The summed E-state index contributed by atoms with van der Waals surface area (Å²) < 4.78 is 0. The van der Waals surface area contributed by atoms with Crippen LogP contribution in [0.4, 0.5) is 11.5 Å². The van der Waals surface area contributed by atoms with E-state index >= 15 is 0 Å². The molecule has 0 atom stereocenters. The summed E-state index contributed by atoms with van der Waals surface area (Å²) in [4.78, 5) is 7.82. The van der Waals surface area contributed by atoms with Crippen LogP contribution in [0.3, 0.4) is 0 Å². The Kier molecular flexibility index (Phi) is 3.53. The molecule has 0 spiro atoms. The Morgan fingerprint density at radius 1 is 1.35 bits per heavy atom. The van der Waals surface area contributed by atoms with Gasteiger partial charge in [-0.2, -0.15) is 5.26 Å². The number of nitrogens with one attached hydrogen (secondary N) is 1. The third kappa shape index (κ3) is 3.16. The number of hydrogen-bond acceptors (Lipinski definition) is 4. The first-order valence-electron chi connectivity index (χ1n) is 4.99. The van der Waals surface area contributed by atoms with Gasteiger partial charge in [-0.1, -0.05) is 12.1 Å². The second-order valence-electron chi connectivity index (χ2n) is 3.37. The third-order valence-corrected chi connectivity index (χ3v) is 2.29. The fourth-order valence-electron chi connectivity index (χ4n) is 1.40. The Morgan fingerprint density at radius 3 is 3.00 bits per heavy atom. The maximum Gasteiger partial charge on any atom is 0.224 e. The molecule has 17 heavy (non-hydrogen) atoms. The van der Waals surface area contributed by atoms with Crippen LogP contribution in [0.15, 0.2) is 36.5 Å². The molecule has 0 aliphatic carbocycles. The van der Waals surface area contributed by atoms with Crippen LogP contribution in [0.2, 0.25) is 5.28 Å². The first-order chi connectivity index (χ1) is 8.28. The Bertz CT molecular complexity index is 562. The molecular formula is C12H9ClN4. The van der Waals surface area contributed by atoms with Gasteiger partial charge < -0.3 is 5.32 Å². The fourth-order valence-corrected chi connectivity index (χ4v) is 1.55. The summed E-state index contributed by atoms with van der Waals surface area (Å²) in [5.41, 5.74) is 1.82. The molecule has 2 rings (SSSR count). The summed E-state index contributed by atoms with van der Waals surface area (Å²) in [6.45, 7) is 0. The third-order valence-electron chi connectivity index (χ3n) is 2.11. The van der Waals surface area contributed by atoms with Crippen molar-refractivity contribution in [2.75, 3.05) is 5.32 Å². The second-order valence-corrected chi connectivity index (χ2v) is 3.71. The average molecular weight is 245 g/mol. The molecule has 1 N–H and O–H groups in total. The maximum absolute atomic E-state index is 8.63. The Hall–Kier alpha value is -2.12. The minimum Gasteiger partial charge on any atom is -0.340 e. The van der Waals surface area contributed by atoms with E-state index in [1.165, 1.54) is 0 Å². The largest absolute Gasteiger partial charge is 0.340 e. The van der Waals surface area contributed by atoms with Crippen molar-refractivity contribution in [3.63, 3.8) is 0 Å². The Morgan fingerprint density at radius 2 is 2.24 bits per heavy atom. The summed E-state index contributed by atoms with van der Waals surface area (Å²) >= 11 is 5.69. The van der Waals surface area contributed by atoms with Gasteiger partial charge in [0.1, 0.15) is 5.82 Å². The minimum atomic E-state index is 0.197. The molecule has 2 aromatic rings. The van der Waals surface area contributed by atoms with Gasteiger partial charge in [-0.05, 0) is 35.4 Å². The van der Waals surface area contributed by atoms with E-state index in [2.05, 4.69) is 21.4 Å². The molecule has 0 bridgehead atoms. The van der Waals surface area contributed by atoms with Crippen molar-refractivity contribution in [1.82, 2.24) is 9.97 Å². The van der Waals surface area contributed by atoms with E-state index in [4.69, 9.17) is 16.9 Å². The molecule has 1 aromatic carbocycles. The SMILES string of the molecule is N#CCc1cccc(Nc2ccnc(Cl)n2)c1. The molecule has 0 fully saturated rings. The molecule has 0 saturated carbocycles. The molecule has 4 nitrogen and oxygen atoms in total. The Labute approximate surface area is 104 Å². The van der Waals surface area contributed by atoms with Crippen LogP contribution in [0, 0.1) is 11.3 Å². The number of nitrogens with zero attached hydrogens (tertiary/aromatic N) is 3. The molecule has 0 radical (unpaired) electrons. The lowest BCUT2D eigenvalue weighted by atomic mass is 10.1. The van der Waals surface area contributed by atoms with E-state index in [0.717, 1.165) is 11.3 Å². The first-order valence-corrected chi connectivity index (χ1v) is 5.37. The monoisotopic (exact) mass is 244 g/mol. The highest BCUT2D eigenvalue weighted by molar-refractivity contribution is 6.28. The smallest absolute Gasteiger partial charge is 0.224 e. The molecule has 0 saturated heterocycles. The summed E-state index contributed by atoms with van der Waals surface area (Å²) in [5.74, 6) is 0.624. The van der Waals surface area contributed by atoms with E-state index in [9.17, 15) is 0 Å². The van der Waals surface area contributed by atoms with Crippen molar-refractivity contribution >= 4 is 23.1 Å². The predicted molar refractivity (Wildman–Crippen MR) is 66.1 cm³/mol. The van der Waals surface area contributed by atoms with Gasteiger partial charge in [-0.15, -0.1) is 0 Å². The van der Waals surface area contributed by atoms with Crippen LogP contribution < -0.4 is 5.32 Å². The molecule has 84 valence electrons. The number of hydrogen-bond donors (Lipinski definition) is 1. The molecular weight excluding hydrogens is 236 g/mol. The van der Waals surface area contributed by atoms with Crippen molar-refractivity contribution in [1.29, 1.82) is 5.26 Å². The highest BCUT2D eigenvalue weighted by atomic mass is 35.5. The van der Waals surface area contributed by atoms with Gasteiger partial charge in [0, 0.05) is 11.9 Å². The number of halogens is 1. The first kappa shape index (κ1) is 11.4. The fraction of sp³-hybridized carbons (Fsp3) is 0.0833. The molecule has 5 heteroatoms. The van der Waals surface area contributed by atoms with Gasteiger partial charge in [0.15, 0.2) is 0 Å². The number of rotatable bonds is 3. The predicted octanol–water partition coefficient (Wildman–Crippen LogP) is 2.94. The summed E-state index contributed by atoms with van der Waals surface area (Å²) in [5, 5.41) is 11.9. The van der Waals surface area contributed by atoms with Crippen molar-refractivity contribution in [2.24, 2.45) is 0 Å². The highest BCUT2D eigenvalue weighted by Gasteiger charge is 1.99. The van der Waals surface area contributed by atoms with Crippen molar-refractivity contribution in [3.8, 4) is 6.07 Å². The highest BCUT2D eigenvalue weighted by Crippen LogP contribution is 2.16. The number of anilines is 2. The normalized spacial score (nSPS) is 9.65. The van der Waals surface area contributed by atoms with Gasteiger partial charge in [0.25, 0.3) is 0 Å². The minimum absolute atomic E-state index is 0.197. The summed E-state index contributed by atoms with van der Waals surface area (Å²) in [6, 6.07) is 11.4. The molecule has 0 unspecified atom stereocenters. The number of nitriles is 1. The van der Waals surface area contributed by atoms with E-state index in [0.29, 0.717) is 12.2 Å². The van der Waals surface area contributed by atoms with Crippen LogP contribution in [0.1, 0.15) is 5.56 Å². The lowest BCUT2D eigenvalue weighted by molar-refractivity contribution is 1.17. The number of aromatic nitrogens is 2. The van der Waals surface area contributed by atoms with E-state index in [1.807, 2.05) is 24.3 Å². The van der Waals surface area contributed by atoms with Crippen LogP contribution in [-0.2, 0) is 6.42 Å². The van der Waals surface area contributed by atoms with Gasteiger partial charge in [0.2, 0.25) is 5.28 Å². The second kappa shape index (κ2) is 5.28. The van der Waals surface area contributed by atoms with Crippen LogP contribution >= 0.6 is 11.6 Å². The standard InChI is InChI=1S/C12H9ClN4/c13-12-15-7-5-11(17-12)16-10-3-1-2-9(8-10)4-6-14/h1-3,5,7-8H,4H2,(H,15,16,17). The van der Waals surface area contributed by atoms with E-state index in [1.54, 1.807) is 12.3 Å². The van der Waals surface area contributed by atoms with Crippen LogP contribution in [0.25, 0.3) is 0 Å². The summed E-state index contributed by atoms with van der Waals surface area (Å²) in [6.07, 6.45) is 1.97. The van der Waals surface area contributed by atoms with E-state index < -0.39 is 0 Å². The van der Waals surface area contributed by atoms with Crippen molar-refractivity contribution < 1.29 is 0 Å². The number of benzene rings is 1. The van der Waals surface area contributed by atoms with Gasteiger partial charge in [0.05, 0.1) is 12.5 Å². The zero-order chi connectivity index (χ0) is 12.1. The summed E-state index contributed by atoms with van der Waals surface area (Å²) in [7, 11) is 0. The lowest BCUT2D eigenvalue weighted by Gasteiger charge is -2.06. The quantitative estimate of drug-likeness (QED) is 0.844. The molecule has 0 aliphatic rings. The van der Waals surface area contributed by atoms with Crippen LogP contribution in [0.5, 0.6) is 0 Å². The molecule has 0 amide bonds. The van der Waals surface area contributed by atoms with E-state index in [-0.39, 0.29) is 5.28 Å². The topological polar surface area (TPSA) is 61.6 Å². The van der Waals surface area contributed by atoms with Crippen molar-refractivity contribution in [3.05, 3.63) is 47.4 Å². The van der Waals surface area contributed by atoms with Crippen molar-refractivity contribution in [2.45, 2.75) is 6.42 Å².